The molecule has 0 aromatic carbocycles. The molecule has 0 bridgehead atoms. The van der Waals surface area contributed by atoms with Crippen LogP contribution < -0.4 is 5.32 Å². The van der Waals surface area contributed by atoms with Crippen molar-refractivity contribution in [3.8, 4) is 0 Å². The number of carbonyl (C=O) groups is 2. The van der Waals surface area contributed by atoms with Crippen LogP contribution in [0.15, 0.2) is 0 Å². The van der Waals surface area contributed by atoms with Gasteiger partial charge in [-0.25, -0.2) is 0 Å². The lowest BCUT2D eigenvalue weighted by Gasteiger charge is -2.36. The molecule has 1 heterocycles. The zero-order chi connectivity index (χ0) is 12.3. The van der Waals surface area contributed by atoms with Crippen molar-refractivity contribution >= 4 is 11.8 Å². The fourth-order valence-electron chi connectivity index (χ4n) is 2.90. The van der Waals surface area contributed by atoms with Crippen molar-refractivity contribution in [3.05, 3.63) is 0 Å². The van der Waals surface area contributed by atoms with Gasteiger partial charge in [0.2, 0.25) is 11.8 Å². The lowest BCUT2D eigenvalue weighted by Crippen LogP contribution is -2.44. The van der Waals surface area contributed by atoms with Crippen LogP contribution in [-0.2, 0) is 9.59 Å². The second-order valence-electron chi connectivity index (χ2n) is 5.51. The van der Waals surface area contributed by atoms with Gasteiger partial charge >= 0.3 is 0 Å². The largest absolute Gasteiger partial charge is 0.354 e. The standard InChI is InChI=1S/C13H22N2O2/c1-13(6-3-2-4-7-13)12(17)15-9-5-11(16)14-8-10-15/h2-10H2,1H3,(H,14,16). The molecular weight excluding hydrogens is 216 g/mol. The van der Waals surface area contributed by atoms with E-state index >= 15 is 0 Å². The Labute approximate surface area is 103 Å². The summed E-state index contributed by atoms with van der Waals surface area (Å²) >= 11 is 0. The molecule has 1 aliphatic carbocycles. The summed E-state index contributed by atoms with van der Waals surface area (Å²) in [5.41, 5.74) is -0.175. The molecule has 2 fully saturated rings. The molecule has 2 rings (SSSR count). The highest BCUT2D eigenvalue weighted by atomic mass is 16.2. The third-order valence-corrected chi connectivity index (χ3v) is 4.07. The second-order valence-corrected chi connectivity index (χ2v) is 5.51. The molecule has 0 atom stereocenters. The van der Waals surface area contributed by atoms with E-state index < -0.39 is 0 Å². The normalized spacial score (nSPS) is 25.0. The van der Waals surface area contributed by atoms with Crippen LogP contribution in [-0.4, -0.2) is 36.3 Å². The summed E-state index contributed by atoms with van der Waals surface area (Å²) in [5, 5.41) is 2.81. The van der Waals surface area contributed by atoms with Crippen molar-refractivity contribution in [2.75, 3.05) is 19.6 Å². The van der Waals surface area contributed by atoms with Gasteiger partial charge in [-0.15, -0.1) is 0 Å². The average Bonchev–Trinajstić information content (AvgIpc) is 2.54. The Morgan fingerprint density at radius 1 is 1.24 bits per heavy atom. The number of amides is 2. The van der Waals surface area contributed by atoms with Gasteiger partial charge in [-0.05, 0) is 12.8 Å². The zero-order valence-electron chi connectivity index (χ0n) is 10.6. The van der Waals surface area contributed by atoms with E-state index in [4.69, 9.17) is 0 Å². The van der Waals surface area contributed by atoms with Gasteiger partial charge in [0.25, 0.3) is 0 Å². The van der Waals surface area contributed by atoms with E-state index in [1.54, 1.807) is 0 Å². The highest BCUT2D eigenvalue weighted by molar-refractivity contribution is 5.84. The predicted octanol–water partition coefficient (Wildman–Crippen LogP) is 1.31. The van der Waals surface area contributed by atoms with E-state index in [-0.39, 0.29) is 17.2 Å². The second kappa shape index (κ2) is 5.07. The number of hydrogen-bond acceptors (Lipinski definition) is 2. The van der Waals surface area contributed by atoms with Crippen LogP contribution in [0.1, 0.15) is 45.4 Å². The van der Waals surface area contributed by atoms with Gasteiger partial charge < -0.3 is 10.2 Å². The molecule has 2 amide bonds. The number of nitrogens with one attached hydrogen (secondary N) is 1. The molecule has 96 valence electrons. The van der Waals surface area contributed by atoms with Crippen LogP contribution >= 0.6 is 0 Å². The maximum absolute atomic E-state index is 12.5. The Bertz CT molecular complexity index is 309. The lowest BCUT2D eigenvalue weighted by atomic mass is 9.74. The summed E-state index contributed by atoms with van der Waals surface area (Å²) in [4.78, 5) is 25.7. The van der Waals surface area contributed by atoms with Gasteiger partial charge in [-0.1, -0.05) is 26.2 Å². The lowest BCUT2D eigenvalue weighted by molar-refractivity contribution is -0.142. The molecule has 1 saturated carbocycles. The molecule has 0 radical (unpaired) electrons. The molecule has 2 aliphatic rings. The van der Waals surface area contributed by atoms with Gasteiger partial charge in [-0.3, -0.25) is 9.59 Å². The van der Waals surface area contributed by atoms with Crippen molar-refractivity contribution in [3.63, 3.8) is 0 Å². The molecule has 0 unspecified atom stereocenters. The van der Waals surface area contributed by atoms with E-state index in [0.717, 1.165) is 25.7 Å². The number of rotatable bonds is 1. The highest BCUT2D eigenvalue weighted by Gasteiger charge is 2.37. The summed E-state index contributed by atoms with van der Waals surface area (Å²) in [6.45, 7) is 3.94. The Morgan fingerprint density at radius 2 is 1.94 bits per heavy atom. The smallest absolute Gasteiger partial charge is 0.228 e. The van der Waals surface area contributed by atoms with Crippen LogP contribution in [0.5, 0.6) is 0 Å². The molecule has 1 saturated heterocycles. The molecule has 4 heteroatoms. The van der Waals surface area contributed by atoms with Crippen LogP contribution in [0.2, 0.25) is 0 Å². The molecule has 1 N–H and O–H groups in total. The molecule has 0 aromatic rings. The Hall–Kier alpha value is -1.06. The van der Waals surface area contributed by atoms with E-state index in [1.165, 1.54) is 6.42 Å². The molecule has 0 spiro atoms. The van der Waals surface area contributed by atoms with Crippen LogP contribution in [0, 0.1) is 5.41 Å². The first-order valence-electron chi connectivity index (χ1n) is 6.68. The molecular formula is C13H22N2O2. The maximum Gasteiger partial charge on any atom is 0.228 e. The SMILES string of the molecule is CC1(C(=O)N2CCNC(=O)CC2)CCCCC1. The van der Waals surface area contributed by atoms with Crippen molar-refractivity contribution in [2.45, 2.75) is 45.4 Å². The third-order valence-electron chi connectivity index (χ3n) is 4.07. The van der Waals surface area contributed by atoms with E-state index in [0.29, 0.717) is 26.1 Å². The monoisotopic (exact) mass is 238 g/mol. The minimum Gasteiger partial charge on any atom is -0.354 e. The van der Waals surface area contributed by atoms with Crippen molar-refractivity contribution in [1.82, 2.24) is 10.2 Å². The first kappa shape index (κ1) is 12.4. The van der Waals surface area contributed by atoms with Gasteiger partial charge in [0.05, 0.1) is 0 Å². The zero-order valence-corrected chi connectivity index (χ0v) is 10.6. The first-order chi connectivity index (χ1) is 8.12. The Balaban J connectivity index is 2.00. The quantitative estimate of drug-likeness (QED) is 0.748. The summed E-state index contributed by atoms with van der Waals surface area (Å²) in [6.07, 6.45) is 6.03. The summed E-state index contributed by atoms with van der Waals surface area (Å²) in [5.74, 6) is 0.322. The molecule has 1 aliphatic heterocycles. The van der Waals surface area contributed by atoms with Crippen LogP contribution in [0.25, 0.3) is 0 Å². The summed E-state index contributed by atoms with van der Waals surface area (Å²) < 4.78 is 0. The minimum atomic E-state index is -0.175. The van der Waals surface area contributed by atoms with E-state index in [1.807, 2.05) is 4.90 Å². The Kier molecular flexibility index (Phi) is 3.69. The number of hydrogen-bond donors (Lipinski definition) is 1. The molecule has 17 heavy (non-hydrogen) atoms. The van der Waals surface area contributed by atoms with Crippen LogP contribution in [0.3, 0.4) is 0 Å². The average molecular weight is 238 g/mol. The number of carbonyl (C=O) groups excluding carboxylic acids is 2. The van der Waals surface area contributed by atoms with Gasteiger partial charge in [0, 0.05) is 31.5 Å². The van der Waals surface area contributed by atoms with Crippen LogP contribution in [0.4, 0.5) is 0 Å². The van der Waals surface area contributed by atoms with Crippen molar-refractivity contribution in [1.29, 1.82) is 0 Å². The van der Waals surface area contributed by atoms with E-state index in [2.05, 4.69) is 12.2 Å². The summed E-state index contributed by atoms with van der Waals surface area (Å²) in [6, 6.07) is 0. The van der Waals surface area contributed by atoms with Gasteiger partial charge in [0.1, 0.15) is 0 Å². The fraction of sp³-hybridized carbons (Fsp3) is 0.846. The maximum atomic E-state index is 12.5. The van der Waals surface area contributed by atoms with Crippen molar-refractivity contribution < 1.29 is 9.59 Å². The van der Waals surface area contributed by atoms with Crippen molar-refractivity contribution in [2.24, 2.45) is 5.41 Å². The topological polar surface area (TPSA) is 49.4 Å². The minimum absolute atomic E-state index is 0.0640. The van der Waals surface area contributed by atoms with E-state index in [9.17, 15) is 9.59 Å². The summed E-state index contributed by atoms with van der Waals surface area (Å²) in [7, 11) is 0. The van der Waals surface area contributed by atoms with Gasteiger partial charge in [-0.2, -0.15) is 0 Å². The first-order valence-corrected chi connectivity index (χ1v) is 6.68. The fourth-order valence-corrected chi connectivity index (χ4v) is 2.90. The molecule has 0 aromatic heterocycles. The predicted molar refractivity (Wildman–Crippen MR) is 65.4 cm³/mol. The third kappa shape index (κ3) is 2.79. The molecule has 4 nitrogen and oxygen atoms in total. The van der Waals surface area contributed by atoms with Gasteiger partial charge in [0.15, 0.2) is 0 Å². The number of nitrogens with zero attached hydrogens (tertiary/aromatic N) is 1. The highest BCUT2D eigenvalue weighted by Crippen LogP contribution is 2.37. The Morgan fingerprint density at radius 3 is 2.65 bits per heavy atom.